The third kappa shape index (κ3) is 3.83. The van der Waals surface area contributed by atoms with Gasteiger partial charge in [-0.15, -0.1) is 0 Å². The molecule has 0 N–H and O–H groups in total. The maximum Gasteiger partial charge on any atom is 0.260 e. The minimum Gasteiger partial charge on any atom is -0.492 e. The monoisotopic (exact) mass is 367 g/mol. The average molecular weight is 367 g/mol. The predicted molar refractivity (Wildman–Crippen MR) is 112 cm³/mol. The molecule has 0 aliphatic carbocycles. The van der Waals surface area contributed by atoms with Crippen molar-refractivity contribution in [1.29, 1.82) is 0 Å². The Bertz CT molecular complexity index is 1020. The molecule has 1 atom stereocenters. The van der Waals surface area contributed by atoms with E-state index in [-0.39, 0.29) is 5.56 Å². The highest BCUT2D eigenvalue weighted by Gasteiger charge is 2.15. The zero-order valence-corrected chi connectivity index (χ0v) is 17.1. The SMILES string of the molecule is Cc1nccc2c1c(=O)n(C)c1cc(OCC(CC(C)C)N(C)C)ccc21. The van der Waals surface area contributed by atoms with Crippen molar-refractivity contribution in [2.45, 2.75) is 33.2 Å². The van der Waals surface area contributed by atoms with Crippen LogP contribution in [-0.4, -0.2) is 41.2 Å². The minimum atomic E-state index is -0.0220. The normalized spacial score (nSPS) is 13.0. The second-order valence-corrected chi connectivity index (χ2v) is 7.92. The van der Waals surface area contributed by atoms with Crippen LogP contribution < -0.4 is 10.3 Å². The molecular weight excluding hydrogens is 338 g/mol. The molecule has 0 aliphatic heterocycles. The van der Waals surface area contributed by atoms with Crippen molar-refractivity contribution >= 4 is 21.7 Å². The van der Waals surface area contributed by atoms with E-state index in [1.165, 1.54) is 0 Å². The van der Waals surface area contributed by atoms with Gasteiger partial charge in [-0.2, -0.15) is 0 Å². The van der Waals surface area contributed by atoms with Crippen LogP contribution in [0.3, 0.4) is 0 Å². The van der Waals surface area contributed by atoms with Crippen LogP contribution in [0.25, 0.3) is 21.7 Å². The first-order valence-electron chi connectivity index (χ1n) is 9.47. The second-order valence-electron chi connectivity index (χ2n) is 7.92. The molecule has 0 spiro atoms. The lowest BCUT2D eigenvalue weighted by molar-refractivity contribution is 0.165. The Morgan fingerprint density at radius 3 is 2.59 bits per heavy atom. The number of hydrogen-bond donors (Lipinski definition) is 0. The maximum atomic E-state index is 12.8. The van der Waals surface area contributed by atoms with Crippen molar-refractivity contribution in [2.24, 2.45) is 13.0 Å². The summed E-state index contributed by atoms with van der Waals surface area (Å²) in [4.78, 5) is 19.3. The molecule has 0 saturated carbocycles. The zero-order valence-electron chi connectivity index (χ0n) is 17.1. The largest absolute Gasteiger partial charge is 0.492 e. The summed E-state index contributed by atoms with van der Waals surface area (Å²) in [6.45, 7) is 6.96. The summed E-state index contributed by atoms with van der Waals surface area (Å²) in [5.74, 6) is 1.40. The molecule has 0 radical (unpaired) electrons. The molecule has 2 aromatic heterocycles. The van der Waals surface area contributed by atoms with E-state index < -0.39 is 0 Å². The van der Waals surface area contributed by atoms with Crippen molar-refractivity contribution in [2.75, 3.05) is 20.7 Å². The fourth-order valence-corrected chi connectivity index (χ4v) is 3.61. The Morgan fingerprint density at radius 2 is 1.93 bits per heavy atom. The van der Waals surface area contributed by atoms with Crippen molar-refractivity contribution in [1.82, 2.24) is 14.5 Å². The molecule has 0 fully saturated rings. The van der Waals surface area contributed by atoms with Gasteiger partial charge in [0.2, 0.25) is 0 Å². The van der Waals surface area contributed by atoms with Gasteiger partial charge in [0.15, 0.2) is 0 Å². The number of pyridine rings is 2. The Balaban J connectivity index is 2.00. The Hall–Kier alpha value is -2.40. The highest BCUT2D eigenvalue weighted by molar-refractivity contribution is 6.06. The number of likely N-dealkylation sites (N-methyl/N-ethyl adjacent to an activating group) is 1. The van der Waals surface area contributed by atoms with Gasteiger partial charge in [-0.3, -0.25) is 9.78 Å². The molecule has 0 aliphatic rings. The van der Waals surface area contributed by atoms with Crippen LogP contribution in [0.5, 0.6) is 5.75 Å². The molecule has 3 aromatic rings. The van der Waals surface area contributed by atoms with Gasteiger partial charge in [-0.1, -0.05) is 13.8 Å². The smallest absolute Gasteiger partial charge is 0.260 e. The average Bonchev–Trinajstić information content (AvgIpc) is 2.62. The lowest BCUT2D eigenvalue weighted by Gasteiger charge is -2.26. The Morgan fingerprint density at radius 1 is 1.19 bits per heavy atom. The fourth-order valence-electron chi connectivity index (χ4n) is 3.61. The van der Waals surface area contributed by atoms with Crippen LogP contribution in [0, 0.1) is 12.8 Å². The molecule has 3 rings (SSSR count). The standard InChI is InChI=1S/C22H29N3O2/c1-14(2)11-16(24(4)5)13-27-17-7-8-18-19-9-10-23-15(3)21(19)22(26)25(6)20(18)12-17/h7-10,12,14,16H,11,13H2,1-6H3. The van der Waals surface area contributed by atoms with E-state index in [4.69, 9.17) is 4.74 Å². The maximum absolute atomic E-state index is 12.8. The molecule has 0 bridgehead atoms. The molecule has 0 amide bonds. The first-order chi connectivity index (χ1) is 12.8. The number of hydrogen-bond acceptors (Lipinski definition) is 4. The number of ether oxygens (including phenoxy) is 1. The van der Waals surface area contributed by atoms with Crippen LogP contribution in [0.4, 0.5) is 0 Å². The van der Waals surface area contributed by atoms with E-state index >= 15 is 0 Å². The lowest BCUT2D eigenvalue weighted by atomic mass is 10.0. The first-order valence-corrected chi connectivity index (χ1v) is 9.47. The second kappa shape index (κ2) is 7.69. The van der Waals surface area contributed by atoms with E-state index in [1.807, 2.05) is 38.2 Å². The third-order valence-electron chi connectivity index (χ3n) is 5.20. The van der Waals surface area contributed by atoms with Gasteiger partial charge in [0, 0.05) is 30.7 Å². The van der Waals surface area contributed by atoms with Gasteiger partial charge < -0.3 is 14.2 Å². The molecule has 27 heavy (non-hydrogen) atoms. The van der Waals surface area contributed by atoms with Gasteiger partial charge >= 0.3 is 0 Å². The zero-order chi connectivity index (χ0) is 19.7. The molecule has 1 unspecified atom stereocenters. The first kappa shape index (κ1) is 19.4. The van der Waals surface area contributed by atoms with Crippen molar-refractivity contribution in [3.05, 3.63) is 46.5 Å². The third-order valence-corrected chi connectivity index (χ3v) is 5.20. The Kier molecular flexibility index (Phi) is 5.51. The molecule has 0 saturated heterocycles. The van der Waals surface area contributed by atoms with Gasteiger partial charge in [0.25, 0.3) is 5.56 Å². The summed E-state index contributed by atoms with van der Waals surface area (Å²) >= 11 is 0. The highest BCUT2D eigenvalue weighted by Crippen LogP contribution is 2.27. The van der Waals surface area contributed by atoms with E-state index in [0.717, 1.165) is 34.2 Å². The van der Waals surface area contributed by atoms with E-state index in [1.54, 1.807) is 10.8 Å². The van der Waals surface area contributed by atoms with E-state index in [2.05, 4.69) is 37.8 Å². The Labute approximate surface area is 160 Å². The molecule has 5 nitrogen and oxygen atoms in total. The van der Waals surface area contributed by atoms with Crippen molar-refractivity contribution < 1.29 is 4.74 Å². The highest BCUT2D eigenvalue weighted by atomic mass is 16.5. The van der Waals surface area contributed by atoms with Crippen LogP contribution in [0.2, 0.25) is 0 Å². The predicted octanol–water partition coefficient (Wildman–Crippen LogP) is 3.75. The fraction of sp³-hybridized carbons (Fsp3) is 0.455. The van der Waals surface area contributed by atoms with Gasteiger partial charge in [0.05, 0.1) is 16.6 Å². The van der Waals surface area contributed by atoms with Crippen molar-refractivity contribution in [3.8, 4) is 5.75 Å². The van der Waals surface area contributed by atoms with Gasteiger partial charge in [-0.25, -0.2) is 0 Å². The molecule has 144 valence electrons. The van der Waals surface area contributed by atoms with Crippen LogP contribution in [0.15, 0.2) is 35.3 Å². The quantitative estimate of drug-likeness (QED) is 0.623. The van der Waals surface area contributed by atoms with Gasteiger partial charge in [-0.05, 0) is 56.9 Å². The minimum absolute atomic E-state index is 0.0220. The summed E-state index contributed by atoms with van der Waals surface area (Å²) in [7, 11) is 5.98. The van der Waals surface area contributed by atoms with Gasteiger partial charge in [0.1, 0.15) is 12.4 Å². The van der Waals surface area contributed by atoms with Crippen LogP contribution in [0.1, 0.15) is 26.0 Å². The number of aryl methyl sites for hydroxylation is 2. The number of nitrogens with zero attached hydrogens (tertiary/aromatic N) is 3. The van der Waals surface area contributed by atoms with E-state index in [0.29, 0.717) is 24.0 Å². The molecule has 2 heterocycles. The summed E-state index contributed by atoms with van der Waals surface area (Å²) in [5, 5.41) is 2.67. The summed E-state index contributed by atoms with van der Waals surface area (Å²) in [5.41, 5.74) is 1.62. The lowest BCUT2D eigenvalue weighted by Crippen LogP contribution is -2.34. The number of benzene rings is 1. The molecular formula is C22H29N3O2. The van der Waals surface area contributed by atoms with Crippen molar-refractivity contribution in [3.63, 3.8) is 0 Å². The van der Waals surface area contributed by atoms with Crippen LogP contribution >= 0.6 is 0 Å². The summed E-state index contributed by atoms with van der Waals surface area (Å²) < 4.78 is 7.79. The summed E-state index contributed by atoms with van der Waals surface area (Å²) in [6, 6.07) is 8.27. The number of rotatable bonds is 6. The number of aromatic nitrogens is 2. The number of fused-ring (bicyclic) bond motifs is 3. The van der Waals surface area contributed by atoms with Crippen LogP contribution in [-0.2, 0) is 7.05 Å². The topological polar surface area (TPSA) is 47.4 Å². The van der Waals surface area contributed by atoms with E-state index in [9.17, 15) is 4.79 Å². The molecule has 5 heteroatoms. The summed E-state index contributed by atoms with van der Waals surface area (Å²) in [6.07, 6.45) is 2.84. The molecule has 1 aromatic carbocycles.